The van der Waals surface area contributed by atoms with Gasteiger partial charge >= 0.3 is 0 Å². The van der Waals surface area contributed by atoms with Gasteiger partial charge in [0.25, 0.3) is 10.0 Å². The van der Waals surface area contributed by atoms with Gasteiger partial charge in [0.2, 0.25) is 5.91 Å². The van der Waals surface area contributed by atoms with Crippen LogP contribution in [0.5, 0.6) is 0 Å². The lowest BCUT2D eigenvalue weighted by Crippen LogP contribution is -2.34. The smallest absolute Gasteiger partial charge is 0.264 e. The molecule has 2 rings (SSSR count). The van der Waals surface area contributed by atoms with Crippen molar-refractivity contribution in [2.24, 2.45) is 0 Å². The number of carbonyl (C=O) groups excluding carboxylic acids is 1. The molecule has 0 fully saturated rings. The third-order valence-corrected chi connectivity index (χ3v) is 7.11. The number of hydrogen-bond acceptors (Lipinski definition) is 3. The fourth-order valence-electron chi connectivity index (χ4n) is 3.42. The number of carbonyl (C=O) groups is 1. The molecule has 5 nitrogen and oxygen atoms in total. The van der Waals surface area contributed by atoms with Gasteiger partial charge in [-0.3, -0.25) is 9.10 Å². The number of nitrogens with one attached hydrogen (secondary N) is 1. The molecule has 0 aliphatic heterocycles. The van der Waals surface area contributed by atoms with Gasteiger partial charge in [-0.1, -0.05) is 74.9 Å². The lowest BCUT2D eigenvalue weighted by atomic mass is 10.1. The summed E-state index contributed by atoms with van der Waals surface area (Å²) in [5.41, 5.74) is 1.64. The molecule has 0 spiro atoms. The second kappa shape index (κ2) is 13.2. The average molecular weight is 445 g/mol. The molecule has 170 valence electrons. The van der Waals surface area contributed by atoms with Crippen molar-refractivity contribution in [2.75, 3.05) is 17.4 Å². The van der Waals surface area contributed by atoms with Gasteiger partial charge < -0.3 is 5.32 Å². The van der Waals surface area contributed by atoms with Gasteiger partial charge in [-0.25, -0.2) is 8.42 Å². The van der Waals surface area contributed by atoms with Crippen LogP contribution in [0.15, 0.2) is 59.5 Å². The van der Waals surface area contributed by atoms with Gasteiger partial charge in [0.15, 0.2) is 0 Å². The van der Waals surface area contributed by atoms with E-state index in [1.807, 2.05) is 25.1 Å². The maximum Gasteiger partial charge on any atom is 0.264 e. The number of para-hydroxylation sites is 1. The summed E-state index contributed by atoms with van der Waals surface area (Å²) in [7, 11) is -3.68. The summed E-state index contributed by atoms with van der Waals surface area (Å²) in [5.74, 6) is 0.0446. The lowest BCUT2D eigenvalue weighted by molar-refractivity contribution is -0.121. The number of rotatable bonds is 14. The number of benzene rings is 2. The van der Waals surface area contributed by atoms with Crippen LogP contribution in [0.3, 0.4) is 0 Å². The van der Waals surface area contributed by atoms with Crippen molar-refractivity contribution in [3.05, 3.63) is 60.2 Å². The number of amides is 1. The largest absolute Gasteiger partial charge is 0.356 e. The maximum atomic E-state index is 13.3. The zero-order valence-corrected chi connectivity index (χ0v) is 19.7. The van der Waals surface area contributed by atoms with Gasteiger partial charge in [0, 0.05) is 19.5 Å². The Kier molecular flexibility index (Phi) is 10.6. The summed E-state index contributed by atoms with van der Waals surface area (Å²) < 4.78 is 27.9. The molecule has 0 saturated carbocycles. The molecule has 0 aromatic heterocycles. The van der Waals surface area contributed by atoms with Crippen LogP contribution in [0.25, 0.3) is 0 Å². The van der Waals surface area contributed by atoms with E-state index in [-0.39, 0.29) is 10.8 Å². The van der Waals surface area contributed by atoms with Crippen LogP contribution in [-0.4, -0.2) is 27.4 Å². The highest BCUT2D eigenvalue weighted by Gasteiger charge is 2.24. The van der Waals surface area contributed by atoms with Gasteiger partial charge in [-0.2, -0.15) is 0 Å². The number of hydrogen-bond donors (Lipinski definition) is 1. The van der Waals surface area contributed by atoms with E-state index in [9.17, 15) is 13.2 Å². The lowest BCUT2D eigenvalue weighted by Gasteiger charge is -2.24. The molecule has 1 N–H and O–H groups in total. The first-order chi connectivity index (χ1) is 14.9. The van der Waals surface area contributed by atoms with E-state index in [2.05, 4.69) is 12.2 Å². The van der Waals surface area contributed by atoms with Gasteiger partial charge in [0.1, 0.15) is 0 Å². The number of aryl methyl sites for hydroxylation is 1. The molecule has 6 heteroatoms. The SMILES string of the molecule is CCCCCCCCC(=O)NCCCN(c1ccccc1)S(=O)(=O)c1ccc(C)cc1. The Balaban J connectivity index is 1.89. The average Bonchev–Trinajstić information content (AvgIpc) is 2.77. The van der Waals surface area contributed by atoms with Crippen LogP contribution in [0.4, 0.5) is 5.69 Å². The normalized spacial score (nSPS) is 11.3. The fourth-order valence-corrected chi connectivity index (χ4v) is 4.93. The van der Waals surface area contributed by atoms with Crippen LogP contribution in [0.2, 0.25) is 0 Å². The molecule has 0 aliphatic carbocycles. The van der Waals surface area contributed by atoms with Gasteiger partial charge in [0.05, 0.1) is 10.6 Å². The summed E-state index contributed by atoms with van der Waals surface area (Å²) in [6, 6.07) is 16.0. The van der Waals surface area contributed by atoms with E-state index < -0.39 is 10.0 Å². The Bertz CT molecular complexity index is 881. The van der Waals surface area contributed by atoms with Crippen molar-refractivity contribution in [3.8, 4) is 0 Å². The van der Waals surface area contributed by atoms with Crippen molar-refractivity contribution in [3.63, 3.8) is 0 Å². The number of sulfonamides is 1. The van der Waals surface area contributed by atoms with Crippen LogP contribution in [0, 0.1) is 6.92 Å². The highest BCUT2D eigenvalue weighted by molar-refractivity contribution is 7.92. The molecule has 0 aliphatic rings. The Morgan fingerprint density at radius 2 is 1.52 bits per heavy atom. The van der Waals surface area contributed by atoms with Crippen molar-refractivity contribution in [1.29, 1.82) is 0 Å². The highest BCUT2D eigenvalue weighted by Crippen LogP contribution is 2.24. The summed E-state index contributed by atoms with van der Waals surface area (Å²) >= 11 is 0. The Morgan fingerprint density at radius 3 is 2.19 bits per heavy atom. The van der Waals surface area contributed by atoms with Crippen molar-refractivity contribution in [1.82, 2.24) is 5.32 Å². The first kappa shape index (κ1) is 24.9. The highest BCUT2D eigenvalue weighted by atomic mass is 32.2. The van der Waals surface area contributed by atoms with E-state index in [0.717, 1.165) is 18.4 Å². The molecule has 2 aromatic rings. The Hall–Kier alpha value is -2.34. The number of nitrogens with zero attached hydrogens (tertiary/aromatic N) is 1. The Labute approximate surface area is 187 Å². The van der Waals surface area contributed by atoms with Gasteiger partial charge in [-0.05, 0) is 44.0 Å². The third kappa shape index (κ3) is 8.37. The summed E-state index contributed by atoms with van der Waals surface area (Å²) in [6.45, 7) is 4.89. The summed E-state index contributed by atoms with van der Waals surface area (Å²) in [5, 5.41) is 2.93. The maximum absolute atomic E-state index is 13.3. The molecule has 0 saturated heterocycles. The molecule has 0 heterocycles. The summed E-state index contributed by atoms with van der Waals surface area (Å²) in [6.07, 6.45) is 7.98. The first-order valence-electron chi connectivity index (χ1n) is 11.4. The van der Waals surface area contributed by atoms with E-state index in [4.69, 9.17) is 0 Å². The van der Waals surface area contributed by atoms with Crippen LogP contribution in [-0.2, 0) is 14.8 Å². The molecular weight excluding hydrogens is 408 g/mol. The van der Waals surface area contributed by atoms with Crippen LogP contribution >= 0.6 is 0 Å². The fraction of sp³-hybridized carbons (Fsp3) is 0.480. The minimum Gasteiger partial charge on any atom is -0.356 e. The predicted molar refractivity (Wildman–Crippen MR) is 128 cm³/mol. The molecule has 0 bridgehead atoms. The van der Waals surface area contributed by atoms with Crippen molar-refractivity contribution >= 4 is 21.6 Å². The van der Waals surface area contributed by atoms with Crippen molar-refractivity contribution in [2.45, 2.75) is 70.1 Å². The third-order valence-electron chi connectivity index (χ3n) is 5.27. The minimum atomic E-state index is -3.68. The standard InChI is InChI=1S/C25H36N2O3S/c1-3-4-5-6-7-11-15-25(28)26-20-12-21-27(23-13-9-8-10-14-23)31(29,30)24-18-16-22(2)17-19-24/h8-10,13-14,16-19H,3-7,11-12,15,20-21H2,1-2H3,(H,26,28). The van der Waals surface area contributed by atoms with E-state index in [1.54, 1.807) is 36.4 Å². The molecule has 2 aromatic carbocycles. The zero-order valence-electron chi connectivity index (χ0n) is 18.8. The van der Waals surface area contributed by atoms with Crippen LogP contribution in [0.1, 0.15) is 63.9 Å². The quantitative estimate of drug-likeness (QED) is 0.394. The molecule has 0 unspecified atom stereocenters. The van der Waals surface area contributed by atoms with E-state index >= 15 is 0 Å². The number of unbranched alkanes of at least 4 members (excludes halogenated alkanes) is 5. The second-order valence-electron chi connectivity index (χ2n) is 7.95. The van der Waals surface area contributed by atoms with E-state index in [1.165, 1.54) is 30.0 Å². The molecule has 1 amide bonds. The minimum absolute atomic E-state index is 0.0446. The predicted octanol–water partition coefficient (Wildman–Crippen LogP) is 5.45. The van der Waals surface area contributed by atoms with Crippen molar-refractivity contribution < 1.29 is 13.2 Å². The molecule has 0 atom stereocenters. The first-order valence-corrected chi connectivity index (χ1v) is 12.8. The van der Waals surface area contributed by atoms with Crippen LogP contribution < -0.4 is 9.62 Å². The van der Waals surface area contributed by atoms with Gasteiger partial charge in [-0.15, -0.1) is 0 Å². The number of anilines is 1. The topological polar surface area (TPSA) is 66.5 Å². The summed E-state index contributed by atoms with van der Waals surface area (Å²) in [4.78, 5) is 12.3. The monoisotopic (exact) mass is 444 g/mol. The zero-order chi connectivity index (χ0) is 22.5. The Morgan fingerprint density at radius 1 is 0.871 bits per heavy atom. The molecular formula is C25H36N2O3S. The second-order valence-corrected chi connectivity index (χ2v) is 9.81. The molecule has 31 heavy (non-hydrogen) atoms. The molecule has 0 radical (unpaired) electrons. The van der Waals surface area contributed by atoms with E-state index in [0.29, 0.717) is 31.6 Å².